The van der Waals surface area contributed by atoms with Gasteiger partial charge in [-0.3, -0.25) is 4.90 Å². The van der Waals surface area contributed by atoms with Gasteiger partial charge in [0.1, 0.15) is 17.4 Å². The lowest BCUT2D eigenvalue weighted by Crippen LogP contribution is -2.25. The Morgan fingerprint density at radius 3 is 2.65 bits per heavy atom. The van der Waals surface area contributed by atoms with E-state index in [0.717, 1.165) is 48.9 Å². The fourth-order valence-electron chi connectivity index (χ4n) is 3.98. The standard InChI is InChI=1S/C19H27N5O2/c1-12-17(13(2)26-22-12)11-25-16-7-8-23(9-16)10-18-20-21-19(14-3-4-14)24(18)15-5-6-15/h14-16H,3-11H2,1-2H3. The SMILES string of the molecule is Cc1noc(C)c1COC1CCN(Cc2nnc(C3CC3)n2C2CC2)C1. The van der Waals surface area contributed by atoms with Crippen LogP contribution in [0.2, 0.25) is 0 Å². The van der Waals surface area contributed by atoms with E-state index in [1.807, 2.05) is 13.8 Å². The van der Waals surface area contributed by atoms with E-state index < -0.39 is 0 Å². The summed E-state index contributed by atoms with van der Waals surface area (Å²) in [4.78, 5) is 2.46. The average molecular weight is 357 g/mol. The third-order valence-electron chi connectivity index (χ3n) is 5.89. The van der Waals surface area contributed by atoms with Gasteiger partial charge in [-0.25, -0.2) is 0 Å². The van der Waals surface area contributed by atoms with Gasteiger partial charge < -0.3 is 13.8 Å². The third kappa shape index (κ3) is 3.18. The summed E-state index contributed by atoms with van der Waals surface area (Å²) in [5, 5.41) is 13.1. The Balaban J connectivity index is 1.19. The fraction of sp³-hybridized carbons (Fsp3) is 0.737. The first-order valence-corrected chi connectivity index (χ1v) is 9.88. The monoisotopic (exact) mass is 357 g/mol. The van der Waals surface area contributed by atoms with Crippen molar-refractivity contribution in [2.75, 3.05) is 13.1 Å². The normalized spacial score (nSPS) is 23.8. The highest BCUT2D eigenvalue weighted by atomic mass is 16.5. The van der Waals surface area contributed by atoms with Gasteiger partial charge in [-0.05, 0) is 46.0 Å². The zero-order chi connectivity index (χ0) is 17.7. The summed E-state index contributed by atoms with van der Waals surface area (Å²) in [7, 11) is 0. The van der Waals surface area contributed by atoms with Gasteiger partial charge in [0.25, 0.3) is 0 Å². The van der Waals surface area contributed by atoms with Crippen molar-refractivity contribution in [1.82, 2.24) is 24.8 Å². The van der Waals surface area contributed by atoms with Crippen LogP contribution in [0.15, 0.2) is 4.52 Å². The molecule has 7 heteroatoms. The van der Waals surface area contributed by atoms with E-state index in [4.69, 9.17) is 9.26 Å². The molecule has 0 bridgehead atoms. The van der Waals surface area contributed by atoms with Crippen LogP contribution < -0.4 is 0 Å². The van der Waals surface area contributed by atoms with Gasteiger partial charge in [-0.15, -0.1) is 10.2 Å². The Hall–Kier alpha value is -1.73. The summed E-state index contributed by atoms with van der Waals surface area (Å²) >= 11 is 0. The van der Waals surface area contributed by atoms with Gasteiger partial charge >= 0.3 is 0 Å². The number of likely N-dealkylation sites (tertiary alicyclic amines) is 1. The Bertz CT molecular complexity index is 770. The molecule has 0 radical (unpaired) electrons. The molecule has 7 nitrogen and oxygen atoms in total. The molecule has 0 N–H and O–H groups in total. The Morgan fingerprint density at radius 2 is 1.96 bits per heavy atom. The minimum Gasteiger partial charge on any atom is -0.372 e. The molecular weight excluding hydrogens is 330 g/mol. The van der Waals surface area contributed by atoms with Crippen molar-refractivity contribution < 1.29 is 9.26 Å². The minimum atomic E-state index is 0.267. The fourth-order valence-corrected chi connectivity index (χ4v) is 3.98. The molecular formula is C19H27N5O2. The smallest absolute Gasteiger partial charge is 0.147 e. The topological polar surface area (TPSA) is 69.2 Å². The zero-order valence-corrected chi connectivity index (χ0v) is 15.6. The number of hydrogen-bond acceptors (Lipinski definition) is 6. The zero-order valence-electron chi connectivity index (χ0n) is 15.6. The maximum absolute atomic E-state index is 6.14. The summed E-state index contributed by atoms with van der Waals surface area (Å²) in [6.45, 7) is 7.41. The Labute approximate surface area is 153 Å². The van der Waals surface area contributed by atoms with Crippen LogP contribution in [-0.2, 0) is 17.9 Å². The van der Waals surface area contributed by atoms with E-state index in [1.165, 1.54) is 31.5 Å². The maximum atomic E-state index is 6.14. The molecule has 2 aliphatic carbocycles. The van der Waals surface area contributed by atoms with Crippen LogP contribution in [0.3, 0.4) is 0 Å². The van der Waals surface area contributed by atoms with Crippen LogP contribution >= 0.6 is 0 Å². The van der Waals surface area contributed by atoms with Crippen LogP contribution in [-0.4, -0.2) is 44.0 Å². The summed E-state index contributed by atoms with van der Waals surface area (Å²) in [5.41, 5.74) is 2.02. The largest absolute Gasteiger partial charge is 0.372 e. The molecule has 2 aromatic heterocycles. The second-order valence-corrected chi connectivity index (χ2v) is 8.11. The molecule has 140 valence electrons. The van der Waals surface area contributed by atoms with Crippen molar-refractivity contribution in [1.29, 1.82) is 0 Å². The average Bonchev–Trinajstić information content (AvgIpc) is 3.55. The number of aromatic nitrogens is 4. The van der Waals surface area contributed by atoms with Crippen molar-refractivity contribution in [3.63, 3.8) is 0 Å². The summed E-state index contributed by atoms with van der Waals surface area (Å²) in [5.74, 6) is 3.93. The molecule has 0 spiro atoms. The van der Waals surface area contributed by atoms with Gasteiger partial charge in [-0.2, -0.15) is 0 Å². The lowest BCUT2D eigenvalue weighted by atomic mass is 10.2. The summed E-state index contributed by atoms with van der Waals surface area (Å²) < 4.78 is 13.8. The molecule has 1 unspecified atom stereocenters. The highest BCUT2D eigenvalue weighted by molar-refractivity contribution is 5.19. The first-order chi connectivity index (χ1) is 12.7. The molecule has 1 atom stereocenters. The third-order valence-corrected chi connectivity index (χ3v) is 5.89. The lowest BCUT2D eigenvalue weighted by Gasteiger charge is -2.17. The predicted molar refractivity (Wildman–Crippen MR) is 94.7 cm³/mol. The molecule has 3 aliphatic rings. The highest BCUT2D eigenvalue weighted by Gasteiger charge is 2.37. The van der Waals surface area contributed by atoms with E-state index in [0.29, 0.717) is 18.6 Å². The molecule has 3 fully saturated rings. The van der Waals surface area contributed by atoms with Crippen molar-refractivity contribution >= 4 is 0 Å². The second kappa shape index (κ2) is 6.46. The van der Waals surface area contributed by atoms with Gasteiger partial charge in [-0.1, -0.05) is 5.16 Å². The molecule has 3 heterocycles. The van der Waals surface area contributed by atoms with Crippen LogP contribution in [0.4, 0.5) is 0 Å². The summed E-state index contributed by atoms with van der Waals surface area (Å²) in [6, 6.07) is 0.657. The van der Waals surface area contributed by atoms with E-state index in [2.05, 4.69) is 24.8 Å². The maximum Gasteiger partial charge on any atom is 0.147 e. The van der Waals surface area contributed by atoms with Crippen LogP contribution in [0, 0.1) is 13.8 Å². The highest BCUT2D eigenvalue weighted by Crippen LogP contribution is 2.44. The number of ether oxygens (including phenoxy) is 1. The lowest BCUT2D eigenvalue weighted by molar-refractivity contribution is 0.0450. The van der Waals surface area contributed by atoms with E-state index in [-0.39, 0.29) is 6.10 Å². The number of rotatable bonds is 7. The molecule has 2 aromatic rings. The first-order valence-electron chi connectivity index (χ1n) is 9.88. The molecule has 2 saturated carbocycles. The Kier molecular flexibility index (Phi) is 4.09. The minimum absolute atomic E-state index is 0.267. The van der Waals surface area contributed by atoms with Crippen LogP contribution in [0.1, 0.15) is 72.7 Å². The van der Waals surface area contributed by atoms with Crippen molar-refractivity contribution in [3.8, 4) is 0 Å². The number of hydrogen-bond donors (Lipinski definition) is 0. The van der Waals surface area contributed by atoms with Crippen molar-refractivity contribution in [2.24, 2.45) is 0 Å². The molecule has 1 saturated heterocycles. The number of aryl methyl sites for hydroxylation is 2. The molecule has 0 amide bonds. The van der Waals surface area contributed by atoms with E-state index in [9.17, 15) is 0 Å². The Morgan fingerprint density at radius 1 is 1.12 bits per heavy atom. The van der Waals surface area contributed by atoms with Crippen LogP contribution in [0.5, 0.6) is 0 Å². The van der Waals surface area contributed by atoms with Gasteiger partial charge in [0, 0.05) is 30.6 Å². The molecule has 0 aromatic carbocycles. The van der Waals surface area contributed by atoms with E-state index in [1.54, 1.807) is 0 Å². The van der Waals surface area contributed by atoms with Crippen molar-refractivity contribution in [3.05, 3.63) is 28.7 Å². The van der Waals surface area contributed by atoms with Gasteiger partial charge in [0.15, 0.2) is 0 Å². The predicted octanol–water partition coefficient (Wildman–Crippen LogP) is 2.89. The van der Waals surface area contributed by atoms with Gasteiger partial charge in [0.05, 0.1) is 24.9 Å². The van der Waals surface area contributed by atoms with Crippen LogP contribution in [0.25, 0.3) is 0 Å². The second-order valence-electron chi connectivity index (χ2n) is 8.11. The quantitative estimate of drug-likeness (QED) is 0.759. The van der Waals surface area contributed by atoms with E-state index >= 15 is 0 Å². The molecule has 26 heavy (non-hydrogen) atoms. The van der Waals surface area contributed by atoms with Crippen molar-refractivity contribution in [2.45, 2.75) is 77.2 Å². The molecule has 1 aliphatic heterocycles. The first kappa shape index (κ1) is 16.4. The van der Waals surface area contributed by atoms with Gasteiger partial charge in [0.2, 0.25) is 0 Å². The summed E-state index contributed by atoms with van der Waals surface area (Å²) in [6.07, 6.45) is 6.47. The number of nitrogens with zero attached hydrogens (tertiary/aromatic N) is 5. The molecule has 5 rings (SSSR count).